The van der Waals surface area contributed by atoms with Gasteiger partial charge in [0.2, 0.25) is 0 Å². The van der Waals surface area contributed by atoms with Crippen LogP contribution in [0.3, 0.4) is 0 Å². The summed E-state index contributed by atoms with van der Waals surface area (Å²) in [6.45, 7) is 0. The van der Waals surface area contributed by atoms with Crippen molar-refractivity contribution in [2.24, 2.45) is 0 Å². The first-order chi connectivity index (χ1) is 12.9. The molecule has 29 heavy (non-hydrogen) atoms. The van der Waals surface area contributed by atoms with Gasteiger partial charge in [0, 0.05) is 0 Å². The number of benzene rings is 2. The normalized spacial score (nSPS) is 14.1. The van der Waals surface area contributed by atoms with E-state index in [9.17, 15) is 25.9 Å². The fourth-order valence-electron chi connectivity index (χ4n) is 3.53. The molecule has 0 atom stereocenters. The summed E-state index contributed by atoms with van der Waals surface area (Å²) in [6, 6.07) is 6.23. The van der Waals surface area contributed by atoms with Crippen molar-refractivity contribution < 1.29 is 25.9 Å². The summed E-state index contributed by atoms with van der Waals surface area (Å²) in [5, 5.41) is 0.420. The Morgan fingerprint density at radius 1 is 0.655 bits per heavy atom. The van der Waals surface area contributed by atoms with Crippen molar-refractivity contribution in [1.29, 1.82) is 0 Å². The first kappa shape index (κ1) is 23.7. The van der Waals surface area contributed by atoms with Crippen molar-refractivity contribution in [3.63, 3.8) is 0 Å². The Hall–Kier alpha value is 0.0774. The summed E-state index contributed by atoms with van der Waals surface area (Å²) in [4.78, 5) is 12.5. The second kappa shape index (κ2) is 7.31. The molecule has 1 heterocycles. The molecule has 0 unspecified atom stereocenters. The zero-order valence-electron chi connectivity index (χ0n) is 17.1. The van der Waals surface area contributed by atoms with Crippen LogP contribution in [0, 0.1) is 0 Å². The first-order valence-electron chi connectivity index (χ1n) is 8.92. The SMILES string of the molecule is [CH3][Sn]([CH3])([CH3])[c]1ccc(S(=O)(=O)O)c2c1sc1[c]([Sn]([CH3])([CH3])[CH3])ccc(S(=O)(=O)O)c12. The third-order valence-electron chi connectivity index (χ3n) is 4.86. The van der Waals surface area contributed by atoms with Gasteiger partial charge in [-0.05, 0) is 0 Å². The fraction of sp³-hybridized carbons (Fsp3) is 0.333. The van der Waals surface area contributed by atoms with E-state index in [0.29, 0.717) is 9.40 Å². The standard InChI is InChI=1S/C12H6O6S3.6CH3.2Sn/c13-20(14,15)9-5-1-3-7-11(9)12-8(19-7)4-2-6-10(12)21(16,17)18;;;;;;;;/h1-2,5-6H,(H,13,14,15)(H,16,17,18);6*1H3;;. The molecule has 11 heteroatoms. The van der Waals surface area contributed by atoms with Crippen LogP contribution in [0.4, 0.5) is 0 Å². The number of hydrogen-bond donors (Lipinski definition) is 2. The van der Waals surface area contributed by atoms with Gasteiger partial charge in [-0.2, -0.15) is 0 Å². The summed E-state index contributed by atoms with van der Waals surface area (Å²) in [7, 11) is -9.19. The van der Waals surface area contributed by atoms with E-state index in [-0.39, 0.29) is 20.6 Å². The predicted octanol–water partition coefficient (Wildman–Crippen LogP) is 3.64. The monoisotopic (exact) mass is 672 g/mol. The zero-order valence-corrected chi connectivity index (χ0v) is 25.2. The predicted molar refractivity (Wildman–Crippen MR) is 125 cm³/mol. The van der Waals surface area contributed by atoms with Crippen LogP contribution < -0.4 is 7.16 Å². The van der Waals surface area contributed by atoms with Crippen molar-refractivity contribution in [3.8, 4) is 0 Å². The Bertz CT molecular complexity index is 1250. The molecule has 0 aliphatic heterocycles. The molecule has 3 aromatic rings. The number of rotatable bonds is 4. The van der Waals surface area contributed by atoms with Crippen LogP contribution in [0.15, 0.2) is 34.1 Å². The van der Waals surface area contributed by atoms with Crippen molar-refractivity contribution in [2.45, 2.75) is 39.4 Å². The molecule has 3 rings (SSSR count). The van der Waals surface area contributed by atoms with E-state index in [2.05, 4.69) is 29.6 Å². The molecule has 2 aromatic carbocycles. The van der Waals surface area contributed by atoms with Crippen molar-refractivity contribution >= 4 is 95.7 Å². The summed E-state index contributed by atoms with van der Waals surface area (Å²) >= 11 is -4.10. The summed E-state index contributed by atoms with van der Waals surface area (Å²) in [5.41, 5.74) is 0. The average molecular weight is 670 g/mol. The molecule has 2 N–H and O–H groups in total. The number of thiophene rings is 1. The van der Waals surface area contributed by atoms with E-state index in [1.54, 1.807) is 12.1 Å². The van der Waals surface area contributed by atoms with Gasteiger partial charge >= 0.3 is 185 Å². The molecule has 0 saturated heterocycles. The van der Waals surface area contributed by atoms with Gasteiger partial charge in [-0.1, -0.05) is 0 Å². The molecule has 0 amide bonds. The topological polar surface area (TPSA) is 109 Å². The van der Waals surface area contributed by atoms with Crippen molar-refractivity contribution in [1.82, 2.24) is 0 Å². The van der Waals surface area contributed by atoms with Crippen LogP contribution in [0.2, 0.25) is 29.6 Å². The van der Waals surface area contributed by atoms with E-state index >= 15 is 0 Å². The first-order valence-corrected chi connectivity index (χ1v) is 32.6. The maximum atomic E-state index is 12.2. The molecule has 0 radical (unpaired) electrons. The average Bonchev–Trinajstić information content (AvgIpc) is 2.88. The quantitative estimate of drug-likeness (QED) is 0.325. The molecule has 158 valence electrons. The van der Waals surface area contributed by atoms with Crippen LogP contribution in [-0.2, 0) is 20.2 Å². The third kappa shape index (κ3) is 4.37. The van der Waals surface area contributed by atoms with Crippen molar-refractivity contribution in [2.75, 3.05) is 0 Å². The van der Waals surface area contributed by atoms with E-state index in [0.717, 1.165) is 7.16 Å². The van der Waals surface area contributed by atoms with Gasteiger partial charge in [0.25, 0.3) is 0 Å². The Labute approximate surface area is 183 Å². The van der Waals surface area contributed by atoms with Gasteiger partial charge < -0.3 is 0 Å². The van der Waals surface area contributed by atoms with Crippen molar-refractivity contribution in [3.05, 3.63) is 24.3 Å². The molecular weight excluding hydrogens is 646 g/mol. The molecule has 0 aliphatic carbocycles. The van der Waals surface area contributed by atoms with Gasteiger partial charge in [0.15, 0.2) is 0 Å². The molecule has 0 fully saturated rings. The minimum absolute atomic E-state index is 0.210. The number of fused-ring (bicyclic) bond motifs is 3. The van der Waals surface area contributed by atoms with E-state index in [4.69, 9.17) is 0 Å². The molecular formula is C18H24O6S3Sn2. The summed E-state index contributed by atoms with van der Waals surface area (Å²) < 4.78 is 71.9. The maximum absolute atomic E-state index is 12.2. The molecule has 0 spiro atoms. The van der Waals surface area contributed by atoms with E-state index < -0.39 is 57.0 Å². The van der Waals surface area contributed by atoms with Gasteiger partial charge in [-0.25, -0.2) is 0 Å². The molecule has 6 nitrogen and oxygen atoms in total. The van der Waals surface area contributed by atoms with Gasteiger partial charge in [0.05, 0.1) is 0 Å². The van der Waals surface area contributed by atoms with Crippen LogP contribution in [0.25, 0.3) is 20.2 Å². The van der Waals surface area contributed by atoms with Crippen LogP contribution >= 0.6 is 11.3 Å². The van der Waals surface area contributed by atoms with Gasteiger partial charge in [0.1, 0.15) is 0 Å². The summed E-state index contributed by atoms with van der Waals surface area (Å²) in [6.07, 6.45) is 0. The summed E-state index contributed by atoms with van der Waals surface area (Å²) in [5.74, 6) is 0. The van der Waals surface area contributed by atoms with E-state index in [1.807, 2.05) is 0 Å². The zero-order chi connectivity index (χ0) is 22.2. The van der Waals surface area contributed by atoms with Crippen LogP contribution in [0.5, 0.6) is 0 Å². The molecule has 0 saturated carbocycles. The van der Waals surface area contributed by atoms with Gasteiger partial charge in [-0.3, -0.25) is 0 Å². The number of hydrogen-bond acceptors (Lipinski definition) is 5. The molecule has 1 aromatic heterocycles. The Morgan fingerprint density at radius 3 is 1.21 bits per heavy atom. The second-order valence-corrected chi connectivity index (χ2v) is 41.7. The second-order valence-electron chi connectivity index (χ2n) is 9.18. The minimum atomic E-state index is -4.59. The third-order valence-corrected chi connectivity index (χ3v) is 20.6. The van der Waals surface area contributed by atoms with Gasteiger partial charge in [-0.15, -0.1) is 0 Å². The van der Waals surface area contributed by atoms with Crippen LogP contribution in [-0.4, -0.2) is 62.7 Å². The Morgan fingerprint density at radius 2 is 0.966 bits per heavy atom. The fourth-order valence-corrected chi connectivity index (χ4v) is 19.2. The molecule has 0 aliphatic rings. The van der Waals surface area contributed by atoms with E-state index in [1.165, 1.54) is 23.5 Å². The molecule has 0 bridgehead atoms. The van der Waals surface area contributed by atoms with Crippen LogP contribution in [0.1, 0.15) is 0 Å². The Kier molecular flexibility index (Phi) is 5.98. The Balaban J connectivity index is 2.78.